The number of halogens is 1. The Kier molecular flexibility index (Phi) is 4.22. The van der Waals surface area contributed by atoms with Gasteiger partial charge in [0.25, 0.3) is 5.56 Å². The molecule has 0 spiro atoms. The van der Waals surface area contributed by atoms with Crippen LogP contribution < -0.4 is 10.5 Å². The van der Waals surface area contributed by atoms with Gasteiger partial charge in [0.05, 0.1) is 10.7 Å². The summed E-state index contributed by atoms with van der Waals surface area (Å²) in [5, 5.41) is 6.61. The maximum Gasteiger partial charge on any atom is 0.288 e. The number of aromatic nitrogens is 3. The summed E-state index contributed by atoms with van der Waals surface area (Å²) in [4.78, 5) is 13.9. The minimum absolute atomic E-state index is 0.0854. The topological polar surface area (TPSA) is 90.8 Å². The van der Waals surface area contributed by atoms with Crippen molar-refractivity contribution in [1.82, 2.24) is 18.9 Å². The Morgan fingerprint density at radius 3 is 2.54 bits per heavy atom. The summed E-state index contributed by atoms with van der Waals surface area (Å²) in [5.74, 6) is 0. The van der Waals surface area contributed by atoms with Crippen LogP contribution in [0.15, 0.2) is 52.5 Å². The van der Waals surface area contributed by atoms with Crippen molar-refractivity contribution >= 4 is 32.8 Å². The summed E-state index contributed by atoms with van der Waals surface area (Å²) in [6.45, 7) is 1.76. The molecule has 3 heterocycles. The molecule has 0 unspecified atom stereocenters. The van der Waals surface area contributed by atoms with Gasteiger partial charge in [0, 0.05) is 32.4 Å². The number of nitrogens with one attached hydrogen (secondary N) is 1. The summed E-state index contributed by atoms with van der Waals surface area (Å²) in [6.07, 6.45) is 2.78. The van der Waals surface area contributed by atoms with Gasteiger partial charge in [-0.2, -0.15) is 9.40 Å². The van der Waals surface area contributed by atoms with Gasteiger partial charge >= 0.3 is 0 Å². The van der Waals surface area contributed by atoms with E-state index in [0.29, 0.717) is 31.2 Å². The molecule has 1 aliphatic heterocycles. The summed E-state index contributed by atoms with van der Waals surface area (Å²) in [7, 11) is -3.68. The van der Waals surface area contributed by atoms with Crippen molar-refractivity contribution in [3.63, 3.8) is 0 Å². The molecule has 0 atom stereocenters. The first-order valence-corrected chi connectivity index (χ1v) is 9.83. The number of rotatable bonds is 3. The quantitative estimate of drug-likeness (QED) is 0.721. The fourth-order valence-corrected chi connectivity index (χ4v) is 4.81. The van der Waals surface area contributed by atoms with Crippen LogP contribution >= 0.6 is 11.6 Å². The van der Waals surface area contributed by atoms with E-state index < -0.39 is 15.6 Å². The number of aromatic amines is 1. The number of nitrogens with zero attached hydrogens (tertiary/aromatic N) is 4. The minimum atomic E-state index is -3.68. The first-order chi connectivity index (χ1) is 12.5. The highest BCUT2D eigenvalue weighted by molar-refractivity contribution is 7.89. The van der Waals surface area contributed by atoms with Crippen LogP contribution in [-0.2, 0) is 10.0 Å². The van der Waals surface area contributed by atoms with Crippen molar-refractivity contribution in [2.75, 3.05) is 31.1 Å². The van der Waals surface area contributed by atoms with Crippen molar-refractivity contribution in [3.8, 4) is 0 Å². The third-order valence-electron chi connectivity index (χ3n) is 4.47. The molecule has 3 aromatic rings. The van der Waals surface area contributed by atoms with Crippen molar-refractivity contribution in [1.29, 1.82) is 0 Å². The van der Waals surface area contributed by atoms with E-state index in [4.69, 9.17) is 11.6 Å². The Balaban J connectivity index is 1.57. The Labute approximate surface area is 154 Å². The van der Waals surface area contributed by atoms with E-state index in [2.05, 4.69) is 15.1 Å². The number of fused-ring (bicyclic) bond motifs is 1. The number of hydrogen-bond acceptors (Lipinski definition) is 5. The summed E-state index contributed by atoms with van der Waals surface area (Å²) < 4.78 is 28.7. The highest BCUT2D eigenvalue weighted by Crippen LogP contribution is 2.27. The normalized spacial score (nSPS) is 16.3. The van der Waals surface area contributed by atoms with Gasteiger partial charge in [0.2, 0.25) is 10.0 Å². The van der Waals surface area contributed by atoms with E-state index in [0.717, 1.165) is 5.69 Å². The lowest BCUT2D eigenvalue weighted by Crippen LogP contribution is -2.48. The van der Waals surface area contributed by atoms with Gasteiger partial charge in [-0.15, -0.1) is 0 Å². The molecule has 4 rings (SSSR count). The SMILES string of the molecule is O=c1[nH]ncn2cc(S(=O)(=O)N3CCN(c4ccccc4Cl)CC3)cc12. The third-order valence-corrected chi connectivity index (χ3v) is 6.66. The molecule has 1 N–H and O–H groups in total. The largest absolute Gasteiger partial charge is 0.368 e. The monoisotopic (exact) mass is 393 g/mol. The Morgan fingerprint density at radius 2 is 1.85 bits per heavy atom. The lowest BCUT2D eigenvalue weighted by molar-refractivity contribution is 0.385. The molecule has 136 valence electrons. The predicted octanol–water partition coefficient (Wildman–Crippen LogP) is 1.19. The lowest BCUT2D eigenvalue weighted by Gasteiger charge is -2.35. The van der Waals surface area contributed by atoms with Crippen LogP contribution in [0.25, 0.3) is 5.52 Å². The van der Waals surface area contributed by atoms with Crippen molar-refractivity contribution < 1.29 is 8.42 Å². The van der Waals surface area contributed by atoms with Gasteiger partial charge in [-0.05, 0) is 18.2 Å². The maximum absolute atomic E-state index is 12.9. The first kappa shape index (κ1) is 17.1. The van der Waals surface area contributed by atoms with Gasteiger partial charge in [-0.3, -0.25) is 9.20 Å². The molecule has 1 saturated heterocycles. The second-order valence-corrected chi connectivity index (χ2v) is 8.34. The second kappa shape index (κ2) is 6.42. The fourth-order valence-electron chi connectivity index (χ4n) is 3.11. The molecule has 1 aliphatic rings. The molecule has 0 saturated carbocycles. The van der Waals surface area contributed by atoms with Crippen molar-refractivity contribution in [3.05, 3.63) is 58.2 Å². The average molecular weight is 394 g/mol. The Bertz CT molecular complexity index is 1120. The van der Waals surface area contributed by atoms with Crippen LogP contribution in [0, 0.1) is 0 Å². The van der Waals surface area contributed by atoms with E-state index in [1.807, 2.05) is 24.3 Å². The van der Waals surface area contributed by atoms with Gasteiger partial charge in [-0.1, -0.05) is 23.7 Å². The lowest BCUT2D eigenvalue weighted by atomic mass is 10.2. The zero-order valence-corrected chi connectivity index (χ0v) is 15.2. The van der Waals surface area contributed by atoms with E-state index in [9.17, 15) is 13.2 Å². The summed E-state index contributed by atoms with van der Waals surface area (Å²) >= 11 is 6.22. The van der Waals surface area contributed by atoms with Crippen LogP contribution in [0.2, 0.25) is 5.02 Å². The predicted molar refractivity (Wildman–Crippen MR) is 98.2 cm³/mol. The van der Waals surface area contributed by atoms with Gasteiger partial charge < -0.3 is 4.90 Å². The number of H-pyrrole nitrogens is 1. The van der Waals surface area contributed by atoms with Crippen LogP contribution in [0.1, 0.15) is 0 Å². The summed E-state index contributed by atoms with van der Waals surface area (Å²) in [6, 6.07) is 8.88. The van der Waals surface area contributed by atoms with E-state index >= 15 is 0 Å². The molecule has 26 heavy (non-hydrogen) atoms. The van der Waals surface area contributed by atoms with E-state index in [1.165, 1.54) is 27.3 Å². The zero-order chi connectivity index (χ0) is 18.3. The molecular weight excluding hydrogens is 378 g/mol. The average Bonchev–Trinajstić information content (AvgIpc) is 3.09. The minimum Gasteiger partial charge on any atom is -0.368 e. The number of hydrogen-bond donors (Lipinski definition) is 1. The molecule has 1 aromatic carbocycles. The maximum atomic E-state index is 12.9. The van der Waals surface area contributed by atoms with Gasteiger partial charge in [0.1, 0.15) is 16.7 Å². The molecule has 0 bridgehead atoms. The Morgan fingerprint density at radius 1 is 1.12 bits per heavy atom. The molecule has 1 fully saturated rings. The molecule has 0 amide bonds. The fraction of sp³-hybridized carbons (Fsp3) is 0.250. The van der Waals surface area contributed by atoms with Crippen LogP contribution in [0.5, 0.6) is 0 Å². The number of piperazine rings is 1. The smallest absolute Gasteiger partial charge is 0.288 e. The number of anilines is 1. The van der Waals surface area contributed by atoms with Crippen LogP contribution in [0.4, 0.5) is 5.69 Å². The van der Waals surface area contributed by atoms with Gasteiger partial charge in [0.15, 0.2) is 0 Å². The second-order valence-electron chi connectivity index (χ2n) is 6.00. The van der Waals surface area contributed by atoms with Crippen molar-refractivity contribution in [2.24, 2.45) is 0 Å². The third kappa shape index (κ3) is 2.87. The highest BCUT2D eigenvalue weighted by atomic mass is 35.5. The zero-order valence-electron chi connectivity index (χ0n) is 13.7. The highest BCUT2D eigenvalue weighted by Gasteiger charge is 2.30. The van der Waals surface area contributed by atoms with Gasteiger partial charge in [-0.25, -0.2) is 13.5 Å². The molecule has 2 aromatic heterocycles. The van der Waals surface area contributed by atoms with Crippen LogP contribution in [-0.4, -0.2) is 53.5 Å². The molecule has 8 nitrogen and oxygen atoms in total. The molecule has 0 radical (unpaired) electrons. The first-order valence-electron chi connectivity index (χ1n) is 8.02. The number of para-hydroxylation sites is 1. The van der Waals surface area contributed by atoms with E-state index in [1.54, 1.807) is 0 Å². The van der Waals surface area contributed by atoms with Crippen molar-refractivity contribution in [2.45, 2.75) is 4.90 Å². The van der Waals surface area contributed by atoms with Crippen LogP contribution in [0.3, 0.4) is 0 Å². The summed E-state index contributed by atoms with van der Waals surface area (Å²) in [5.41, 5.74) is 0.712. The number of sulfonamides is 1. The molecule has 0 aliphatic carbocycles. The molecule has 10 heteroatoms. The molecular formula is C16H16ClN5O3S. The standard InChI is InChI=1S/C16H16ClN5O3S/c17-13-3-1-2-4-14(13)20-5-7-22(8-6-20)26(24,25)12-9-15-16(23)19-18-11-21(15)10-12/h1-4,9-11H,5-8H2,(H,19,23). The van der Waals surface area contributed by atoms with E-state index in [-0.39, 0.29) is 10.4 Å². The number of benzene rings is 1. The Hall–Kier alpha value is -2.36.